The molecule has 1 saturated heterocycles. The summed E-state index contributed by atoms with van der Waals surface area (Å²) in [5.74, 6) is 0.795. The third kappa shape index (κ3) is 7.12. The average Bonchev–Trinajstić information content (AvgIpc) is 3.31. The molecular formula is C18H31Cl3N4O. The maximum absolute atomic E-state index is 12.0. The van der Waals surface area contributed by atoms with E-state index in [0.29, 0.717) is 0 Å². The van der Waals surface area contributed by atoms with Gasteiger partial charge in [-0.2, -0.15) is 0 Å². The molecular weight excluding hydrogens is 395 g/mol. The lowest BCUT2D eigenvalue weighted by molar-refractivity contribution is -0.120. The van der Waals surface area contributed by atoms with Gasteiger partial charge >= 0.3 is 0 Å². The van der Waals surface area contributed by atoms with E-state index >= 15 is 0 Å². The fourth-order valence-electron chi connectivity index (χ4n) is 2.93. The summed E-state index contributed by atoms with van der Waals surface area (Å²) in [6.07, 6.45) is 2.83. The lowest BCUT2D eigenvalue weighted by Crippen LogP contribution is -2.47. The van der Waals surface area contributed by atoms with Crippen LogP contribution in [0.4, 0.5) is 11.4 Å². The largest absolute Gasteiger partial charge is 0.369 e. The summed E-state index contributed by atoms with van der Waals surface area (Å²) in [6.45, 7) is 9.05. The van der Waals surface area contributed by atoms with Gasteiger partial charge in [-0.1, -0.05) is 6.07 Å². The van der Waals surface area contributed by atoms with Crippen LogP contribution in [0.1, 0.15) is 26.7 Å². The number of piperazine rings is 1. The molecule has 2 aliphatic rings. The number of nitrogens with zero attached hydrogens (tertiary/aromatic N) is 2. The molecule has 5 nitrogen and oxygen atoms in total. The number of halogens is 3. The van der Waals surface area contributed by atoms with Crippen molar-refractivity contribution in [2.75, 3.05) is 42.9 Å². The monoisotopic (exact) mass is 424 g/mol. The van der Waals surface area contributed by atoms with Gasteiger partial charge in [0.25, 0.3) is 0 Å². The Bertz CT molecular complexity index is 568. The number of rotatable bonds is 5. The Labute approximate surface area is 175 Å². The summed E-state index contributed by atoms with van der Waals surface area (Å²) in [7, 11) is 0. The summed E-state index contributed by atoms with van der Waals surface area (Å²) in [5, 5.41) is 2.90. The molecule has 1 amide bonds. The second kappa shape index (κ2) is 10.6. The molecule has 1 aromatic rings. The molecule has 2 fully saturated rings. The molecule has 1 aliphatic heterocycles. The molecule has 1 aliphatic carbocycles. The normalized spacial score (nSPS) is 17.4. The summed E-state index contributed by atoms with van der Waals surface area (Å²) >= 11 is 0. The topological polar surface area (TPSA) is 61.6 Å². The van der Waals surface area contributed by atoms with E-state index in [1.54, 1.807) is 13.8 Å². The first-order valence-electron chi connectivity index (χ1n) is 8.59. The zero-order valence-corrected chi connectivity index (χ0v) is 17.9. The number of nitrogens with one attached hydrogen (secondary N) is 1. The number of carbonyl (C=O) groups is 1. The first-order valence-corrected chi connectivity index (χ1v) is 8.59. The Morgan fingerprint density at radius 3 is 2.31 bits per heavy atom. The van der Waals surface area contributed by atoms with E-state index in [4.69, 9.17) is 5.73 Å². The van der Waals surface area contributed by atoms with Crippen molar-refractivity contribution in [3.63, 3.8) is 0 Å². The molecule has 1 saturated carbocycles. The molecule has 0 spiro atoms. The van der Waals surface area contributed by atoms with E-state index in [-0.39, 0.29) is 43.1 Å². The van der Waals surface area contributed by atoms with Crippen LogP contribution in [-0.4, -0.2) is 49.1 Å². The van der Waals surface area contributed by atoms with Crippen LogP contribution in [0.5, 0.6) is 0 Å². The second-order valence-corrected chi connectivity index (χ2v) is 7.46. The van der Waals surface area contributed by atoms with Gasteiger partial charge in [0.1, 0.15) is 0 Å². The molecule has 1 aromatic carbocycles. The van der Waals surface area contributed by atoms with Gasteiger partial charge in [-0.3, -0.25) is 9.69 Å². The van der Waals surface area contributed by atoms with Crippen molar-refractivity contribution in [3.8, 4) is 0 Å². The minimum absolute atomic E-state index is 0. The van der Waals surface area contributed by atoms with Gasteiger partial charge < -0.3 is 16.0 Å². The SMILES string of the molecule is CC(C)(N)C(=O)Nc1cccc(N2CCN(CC3CC3)CC2)c1.Cl.Cl.Cl. The molecule has 150 valence electrons. The molecule has 0 unspecified atom stereocenters. The summed E-state index contributed by atoms with van der Waals surface area (Å²) in [5.41, 5.74) is 6.95. The number of hydrogen-bond acceptors (Lipinski definition) is 4. The van der Waals surface area contributed by atoms with Crippen LogP contribution in [0.15, 0.2) is 24.3 Å². The second-order valence-electron chi connectivity index (χ2n) is 7.46. The van der Waals surface area contributed by atoms with Crippen molar-refractivity contribution in [1.29, 1.82) is 0 Å². The van der Waals surface area contributed by atoms with Gasteiger partial charge in [-0.25, -0.2) is 0 Å². The Morgan fingerprint density at radius 1 is 1.15 bits per heavy atom. The Kier molecular flexibility index (Phi) is 10.3. The number of nitrogens with two attached hydrogens (primary N) is 1. The standard InChI is InChI=1S/C18H28N4O.3ClH/c1-18(2,19)17(23)20-15-4-3-5-16(12-15)22-10-8-21(9-11-22)13-14-6-7-14;;;/h3-5,12,14H,6-11,13,19H2,1-2H3,(H,20,23);3*1H. The molecule has 26 heavy (non-hydrogen) atoms. The molecule has 0 aromatic heterocycles. The Balaban J connectivity index is 0.00000208. The van der Waals surface area contributed by atoms with Crippen molar-refractivity contribution in [2.24, 2.45) is 11.7 Å². The predicted octanol–water partition coefficient (Wildman–Crippen LogP) is 3.16. The Morgan fingerprint density at radius 2 is 1.77 bits per heavy atom. The fourth-order valence-corrected chi connectivity index (χ4v) is 2.93. The molecule has 0 radical (unpaired) electrons. The van der Waals surface area contributed by atoms with Gasteiger partial charge in [-0.15, -0.1) is 37.2 Å². The zero-order valence-electron chi connectivity index (χ0n) is 15.4. The van der Waals surface area contributed by atoms with Crippen LogP contribution < -0.4 is 16.0 Å². The first kappa shape index (κ1) is 25.3. The van der Waals surface area contributed by atoms with Crippen LogP contribution in [0.3, 0.4) is 0 Å². The van der Waals surface area contributed by atoms with Crippen molar-refractivity contribution in [2.45, 2.75) is 32.2 Å². The fraction of sp³-hybridized carbons (Fsp3) is 0.611. The third-order valence-electron chi connectivity index (χ3n) is 4.64. The van der Waals surface area contributed by atoms with E-state index in [2.05, 4.69) is 21.2 Å². The highest BCUT2D eigenvalue weighted by Gasteiger charge is 2.26. The lowest BCUT2D eigenvalue weighted by Gasteiger charge is -2.36. The number of benzene rings is 1. The van der Waals surface area contributed by atoms with E-state index in [0.717, 1.165) is 37.8 Å². The van der Waals surface area contributed by atoms with Gasteiger partial charge in [0.05, 0.1) is 5.54 Å². The van der Waals surface area contributed by atoms with Gasteiger partial charge in [0, 0.05) is 44.1 Å². The van der Waals surface area contributed by atoms with E-state index in [9.17, 15) is 4.79 Å². The van der Waals surface area contributed by atoms with Crippen molar-refractivity contribution < 1.29 is 4.79 Å². The maximum atomic E-state index is 12.0. The lowest BCUT2D eigenvalue weighted by atomic mass is 10.1. The molecule has 0 bridgehead atoms. The number of amides is 1. The highest BCUT2D eigenvalue weighted by molar-refractivity contribution is 5.97. The highest BCUT2D eigenvalue weighted by atomic mass is 35.5. The van der Waals surface area contributed by atoms with Gasteiger partial charge in [0.15, 0.2) is 0 Å². The smallest absolute Gasteiger partial charge is 0.243 e. The molecule has 8 heteroatoms. The van der Waals surface area contributed by atoms with Crippen LogP contribution in [0.2, 0.25) is 0 Å². The van der Waals surface area contributed by atoms with Crippen molar-refractivity contribution >= 4 is 54.5 Å². The van der Waals surface area contributed by atoms with E-state index in [1.165, 1.54) is 25.1 Å². The molecule has 0 atom stereocenters. The summed E-state index contributed by atoms with van der Waals surface area (Å²) < 4.78 is 0. The number of hydrogen-bond donors (Lipinski definition) is 2. The van der Waals surface area contributed by atoms with E-state index in [1.807, 2.05) is 18.2 Å². The predicted molar refractivity (Wildman–Crippen MR) is 116 cm³/mol. The molecule has 1 heterocycles. The number of carbonyl (C=O) groups excluding carboxylic acids is 1. The maximum Gasteiger partial charge on any atom is 0.243 e. The van der Waals surface area contributed by atoms with Gasteiger partial charge in [-0.05, 0) is 50.8 Å². The average molecular weight is 426 g/mol. The van der Waals surface area contributed by atoms with Gasteiger partial charge in [0.2, 0.25) is 5.91 Å². The summed E-state index contributed by atoms with van der Waals surface area (Å²) in [6, 6.07) is 8.06. The molecule has 3 rings (SSSR count). The van der Waals surface area contributed by atoms with Crippen LogP contribution in [0.25, 0.3) is 0 Å². The highest BCUT2D eigenvalue weighted by Crippen LogP contribution is 2.30. The summed E-state index contributed by atoms with van der Waals surface area (Å²) in [4.78, 5) is 17.0. The minimum atomic E-state index is -0.871. The van der Waals surface area contributed by atoms with Crippen molar-refractivity contribution in [1.82, 2.24) is 4.90 Å². The van der Waals surface area contributed by atoms with Crippen molar-refractivity contribution in [3.05, 3.63) is 24.3 Å². The molecule has 3 N–H and O–H groups in total. The first-order chi connectivity index (χ1) is 10.9. The van der Waals surface area contributed by atoms with Crippen LogP contribution >= 0.6 is 37.2 Å². The quantitative estimate of drug-likeness (QED) is 0.760. The van der Waals surface area contributed by atoms with Crippen LogP contribution in [0, 0.1) is 5.92 Å². The third-order valence-corrected chi connectivity index (χ3v) is 4.64. The number of anilines is 2. The minimum Gasteiger partial charge on any atom is -0.369 e. The Hall–Kier alpha value is -0.720. The van der Waals surface area contributed by atoms with Crippen LogP contribution in [-0.2, 0) is 4.79 Å². The van der Waals surface area contributed by atoms with E-state index < -0.39 is 5.54 Å². The zero-order chi connectivity index (χ0) is 16.4.